The van der Waals surface area contributed by atoms with E-state index in [2.05, 4.69) is 25.2 Å². The zero-order chi connectivity index (χ0) is 14.1. The minimum absolute atomic E-state index is 0.00120. The highest BCUT2D eigenvalue weighted by Gasteiger charge is 2.40. The summed E-state index contributed by atoms with van der Waals surface area (Å²) in [5, 5.41) is 2.98. The van der Waals surface area contributed by atoms with Gasteiger partial charge in [-0.05, 0) is 53.2 Å². The maximum atomic E-state index is 12.2. The molecule has 0 radical (unpaired) electrons. The molecule has 1 rings (SSSR count). The SMILES string of the molecule is Cc1cc(CNC(=O)C(C)(C)C(C)(C)N)sc1C. The van der Waals surface area contributed by atoms with E-state index in [0.29, 0.717) is 6.54 Å². The number of amides is 1. The predicted molar refractivity (Wildman–Crippen MR) is 77.7 cm³/mol. The van der Waals surface area contributed by atoms with Crippen LogP contribution in [0.2, 0.25) is 0 Å². The third kappa shape index (κ3) is 3.12. The molecule has 0 spiro atoms. The van der Waals surface area contributed by atoms with Crippen LogP contribution >= 0.6 is 11.3 Å². The van der Waals surface area contributed by atoms with Gasteiger partial charge in [-0.2, -0.15) is 0 Å². The summed E-state index contributed by atoms with van der Waals surface area (Å²) in [7, 11) is 0. The molecule has 3 N–H and O–H groups in total. The molecule has 0 unspecified atom stereocenters. The summed E-state index contributed by atoms with van der Waals surface area (Å²) in [6.45, 7) is 12.3. The van der Waals surface area contributed by atoms with Crippen molar-refractivity contribution in [1.82, 2.24) is 5.32 Å². The summed E-state index contributed by atoms with van der Waals surface area (Å²) in [6.07, 6.45) is 0. The van der Waals surface area contributed by atoms with Gasteiger partial charge in [0.15, 0.2) is 0 Å². The third-order valence-corrected chi connectivity index (χ3v) is 4.97. The predicted octanol–water partition coefficient (Wildman–Crippen LogP) is 2.74. The molecule has 0 fully saturated rings. The maximum Gasteiger partial charge on any atom is 0.227 e. The van der Waals surface area contributed by atoms with Crippen LogP contribution < -0.4 is 11.1 Å². The molecule has 4 heteroatoms. The lowest BCUT2D eigenvalue weighted by atomic mass is 9.74. The van der Waals surface area contributed by atoms with Crippen molar-refractivity contribution in [2.45, 2.75) is 53.6 Å². The molecule has 1 heterocycles. The lowest BCUT2D eigenvalue weighted by Crippen LogP contribution is -2.55. The van der Waals surface area contributed by atoms with Crippen LogP contribution in [0.1, 0.15) is 43.0 Å². The van der Waals surface area contributed by atoms with E-state index in [4.69, 9.17) is 5.73 Å². The Balaban J connectivity index is 2.67. The summed E-state index contributed by atoms with van der Waals surface area (Å²) in [4.78, 5) is 14.7. The number of thiophene rings is 1. The number of hydrogen-bond acceptors (Lipinski definition) is 3. The average Bonchev–Trinajstić information content (AvgIpc) is 2.53. The second kappa shape index (κ2) is 5.02. The monoisotopic (exact) mass is 268 g/mol. The molecular formula is C14H24N2OS. The second-order valence-electron chi connectivity index (χ2n) is 5.98. The first-order chi connectivity index (χ1) is 8.05. The van der Waals surface area contributed by atoms with Crippen molar-refractivity contribution in [3.8, 4) is 0 Å². The average molecular weight is 268 g/mol. The zero-order valence-electron chi connectivity index (χ0n) is 12.2. The number of nitrogens with one attached hydrogen (secondary N) is 1. The van der Waals surface area contributed by atoms with Crippen LogP contribution in [-0.4, -0.2) is 11.4 Å². The summed E-state index contributed by atoms with van der Waals surface area (Å²) in [5.74, 6) is -0.00120. The highest BCUT2D eigenvalue weighted by Crippen LogP contribution is 2.28. The van der Waals surface area contributed by atoms with Gasteiger partial charge in [-0.25, -0.2) is 0 Å². The molecule has 0 saturated carbocycles. The van der Waals surface area contributed by atoms with Crippen LogP contribution in [0.25, 0.3) is 0 Å². The van der Waals surface area contributed by atoms with Crippen molar-refractivity contribution in [1.29, 1.82) is 0 Å². The molecule has 0 atom stereocenters. The highest BCUT2D eigenvalue weighted by atomic mass is 32.1. The van der Waals surface area contributed by atoms with Crippen molar-refractivity contribution < 1.29 is 4.79 Å². The summed E-state index contributed by atoms with van der Waals surface area (Å²) >= 11 is 1.73. The van der Waals surface area contributed by atoms with Gasteiger partial charge in [0.2, 0.25) is 5.91 Å². The van der Waals surface area contributed by atoms with E-state index < -0.39 is 11.0 Å². The number of carbonyl (C=O) groups excluding carboxylic acids is 1. The number of hydrogen-bond donors (Lipinski definition) is 2. The number of rotatable bonds is 4. The van der Waals surface area contributed by atoms with E-state index in [0.717, 1.165) is 0 Å². The maximum absolute atomic E-state index is 12.2. The smallest absolute Gasteiger partial charge is 0.227 e. The molecule has 102 valence electrons. The Hall–Kier alpha value is -0.870. The van der Waals surface area contributed by atoms with E-state index >= 15 is 0 Å². The van der Waals surface area contributed by atoms with Crippen molar-refractivity contribution >= 4 is 17.2 Å². The molecule has 18 heavy (non-hydrogen) atoms. The minimum atomic E-state index is -0.589. The van der Waals surface area contributed by atoms with Gasteiger partial charge in [-0.3, -0.25) is 4.79 Å². The Bertz CT molecular complexity index is 422. The fraction of sp³-hybridized carbons (Fsp3) is 0.643. The van der Waals surface area contributed by atoms with Crippen LogP contribution in [-0.2, 0) is 11.3 Å². The minimum Gasteiger partial charge on any atom is -0.351 e. The van der Waals surface area contributed by atoms with E-state index in [-0.39, 0.29) is 5.91 Å². The second-order valence-corrected chi connectivity index (χ2v) is 7.32. The molecule has 0 saturated heterocycles. The normalized spacial score (nSPS) is 12.6. The fourth-order valence-electron chi connectivity index (χ4n) is 1.42. The van der Waals surface area contributed by atoms with Crippen LogP contribution in [0.3, 0.4) is 0 Å². The fourth-order valence-corrected chi connectivity index (χ4v) is 2.41. The first-order valence-corrected chi connectivity index (χ1v) is 7.00. The van der Waals surface area contributed by atoms with E-state index in [1.54, 1.807) is 11.3 Å². The summed E-state index contributed by atoms with van der Waals surface area (Å²) in [5.41, 5.74) is 6.20. The quantitative estimate of drug-likeness (QED) is 0.882. The van der Waals surface area contributed by atoms with E-state index in [1.807, 2.05) is 27.7 Å². The van der Waals surface area contributed by atoms with Gasteiger partial charge >= 0.3 is 0 Å². The van der Waals surface area contributed by atoms with Gasteiger partial charge in [-0.15, -0.1) is 11.3 Å². The van der Waals surface area contributed by atoms with Crippen molar-refractivity contribution in [2.24, 2.45) is 11.1 Å². The molecule has 0 aliphatic heterocycles. The van der Waals surface area contributed by atoms with Crippen LogP contribution in [0.15, 0.2) is 6.07 Å². The molecule has 0 aliphatic rings. The van der Waals surface area contributed by atoms with Gasteiger partial charge < -0.3 is 11.1 Å². The van der Waals surface area contributed by atoms with Gasteiger partial charge in [-0.1, -0.05) is 0 Å². The number of nitrogens with two attached hydrogens (primary N) is 1. The lowest BCUT2D eigenvalue weighted by Gasteiger charge is -2.36. The highest BCUT2D eigenvalue weighted by molar-refractivity contribution is 7.12. The molecular weight excluding hydrogens is 244 g/mol. The standard InChI is InChI=1S/C14H24N2OS/c1-9-7-11(18-10(9)2)8-16-12(17)13(3,4)14(5,6)15/h7H,8,15H2,1-6H3,(H,16,17). The largest absolute Gasteiger partial charge is 0.351 e. The van der Waals surface area contributed by atoms with Crippen LogP contribution in [0.5, 0.6) is 0 Å². The van der Waals surface area contributed by atoms with Gasteiger partial charge in [0.1, 0.15) is 0 Å². The zero-order valence-corrected chi connectivity index (χ0v) is 13.0. The summed E-state index contributed by atoms with van der Waals surface area (Å²) < 4.78 is 0. The van der Waals surface area contributed by atoms with Crippen LogP contribution in [0.4, 0.5) is 0 Å². The van der Waals surface area contributed by atoms with Gasteiger partial charge in [0.25, 0.3) is 0 Å². The first kappa shape index (κ1) is 15.2. The molecule has 1 amide bonds. The first-order valence-electron chi connectivity index (χ1n) is 6.19. The molecule has 1 aromatic heterocycles. The third-order valence-electron chi connectivity index (χ3n) is 3.82. The molecule has 0 aliphatic carbocycles. The van der Waals surface area contributed by atoms with Crippen molar-refractivity contribution in [3.63, 3.8) is 0 Å². The van der Waals surface area contributed by atoms with Gasteiger partial charge in [0, 0.05) is 15.3 Å². The summed E-state index contributed by atoms with van der Waals surface area (Å²) in [6, 6.07) is 2.13. The van der Waals surface area contributed by atoms with E-state index in [9.17, 15) is 4.79 Å². The Labute approximate surface area is 114 Å². The Kier molecular flexibility index (Phi) is 4.23. The lowest BCUT2D eigenvalue weighted by molar-refractivity contribution is -0.132. The Morgan fingerprint density at radius 2 is 1.89 bits per heavy atom. The van der Waals surface area contributed by atoms with Crippen molar-refractivity contribution in [3.05, 3.63) is 21.4 Å². The molecule has 3 nitrogen and oxygen atoms in total. The Morgan fingerprint density at radius 3 is 2.28 bits per heavy atom. The molecule has 0 bridgehead atoms. The number of carbonyl (C=O) groups is 1. The van der Waals surface area contributed by atoms with E-state index in [1.165, 1.54) is 15.3 Å². The Morgan fingerprint density at radius 1 is 1.33 bits per heavy atom. The molecule has 1 aromatic rings. The number of aryl methyl sites for hydroxylation is 2. The molecule has 0 aromatic carbocycles. The topological polar surface area (TPSA) is 55.1 Å². The van der Waals surface area contributed by atoms with Crippen molar-refractivity contribution in [2.75, 3.05) is 0 Å². The van der Waals surface area contributed by atoms with Crippen LogP contribution in [0, 0.1) is 19.3 Å². The van der Waals surface area contributed by atoms with Gasteiger partial charge in [0.05, 0.1) is 12.0 Å².